The lowest BCUT2D eigenvalue weighted by Crippen LogP contribution is -2.14. The molecule has 3 aromatic heterocycles. The normalized spacial score (nSPS) is 18.4. The van der Waals surface area contributed by atoms with Crippen molar-refractivity contribution in [3.8, 4) is 22.8 Å². The molecule has 0 bridgehead atoms. The van der Waals surface area contributed by atoms with Crippen molar-refractivity contribution in [2.75, 3.05) is 0 Å². The number of furan rings is 1. The number of thiophene rings is 1. The molecule has 3 aliphatic rings. The molecule has 3 aliphatic carbocycles. The van der Waals surface area contributed by atoms with E-state index in [2.05, 4.69) is 146 Å². The van der Waals surface area contributed by atoms with E-state index in [4.69, 9.17) is 19.4 Å². The minimum absolute atomic E-state index is 0.0527. The van der Waals surface area contributed by atoms with Crippen LogP contribution in [0.25, 0.3) is 76.3 Å². The Labute approximate surface area is 327 Å². The van der Waals surface area contributed by atoms with Crippen molar-refractivity contribution in [2.45, 2.75) is 18.3 Å². The zero-order chi connectivity index (χ0) is 36.7. The summed E-state index contributed by atoms with van der Waals surface area (Å²) < 4.78 is 9.33. The van der Waals surface area contributed by atoms with Gasteiger partial charge in [-0.05, 0) is 51.7 Å². The summed E-state index contributed by atoms with van der Waals surface area (Å²) in [5.41, 5.74) is 8.63. The summed E-state index contributed by atoms with van der Waals surface area (Å²) in [7, 11) is 0. The highest BCUT2D eigenvalue weighted by Crippen LogP contribution is 2.46. The molecule has 6 aromatic carbocycles. The minimum atomic E-state index is 0.0527. The highest BCUT2D eigenvalue weighted by Gasteiger charge is 2.31. The van der Waals surface area contributed by atoms with Gasteiger partial charge in [-0.15, -0.1) is 11.3 Å². The number of nitrogens with zero attached hydrogens (tertiary/aromatic N) is 3. The Balaban J connectivity index is 1.05. The fraction of sp³-hybridized carbons (Fsp3) is 0.0784. The maximum absolute atomic E-state index is 6.70. The van der Waals surface area contributed by atoms with Gasteiger partial charge in [0.1, 0.15) is 11.3 Å². The molecule has 3 atom stereocenters. The van der Waals surface area contributed by atoms with Gasteiger partial charge in [0.05, 0.1) is 0 Å². The Bertz CT molecular complexity index is 3200. The first-order chi connectivity index (χ1) is 27.7. The van der Waals surface area contributed by atoms with E-state index in [0.717, 1.165) is 45.4 Å². The van der Waals surface area contributed by atoms with Crippen LogP contribution < -0.4 is 0 Å². The topological polar surface area (TPSA) is 51.8 Å². The molecule has 0 amide bonds. The first kappa shape index (κ1) is 31.6. The molecule has 56 heavy (non-hydrogen) atoms. The van der Waals surface area contributed by atoms with Gasteiger partial charge in [-0.3, -0.25) is 0 Å². The van der Waals surface area contributed by atoms with Crippen molar-refractivity contribution in [3.05, 3.63) is 198 Å². The lowest BCUT2D eigenvalue weighted by atomic mass is 9.77. The molecule has 4 nitrogen and oxygen atoms in total. The van der Waals surface area contributed by atoms with Gasteiger partial charge in [0.25, 0.3) is 0 Å². The predicted molar refractivity (Wildman–Crippen MR) is 231 cm³/mol. The molecule has 5 heteroatoms. The summed E-state index contributed by atoms with van der Waals surface area (Å²) in [5.74, 6) is 3.60. The molecule has 0 spiro atoms. The number of rotatable bonds is 4. The third-order valence-corrected chi connectivity index (χ3v) is 13.0. The monoisotopic (exact) mass is 735 g/mol. The van der Waals surface area contributed by atoms with Crippen LogP contribution in [0, 0.1) is 5.92 Å². The molecule has 3 heterocycles. The summed E-state index contributed by atoms with van der Waals surface area (Å²) in [5, 5.41) is 6.25. The van der Waals surface area contributed by atoms with Gasteiger partial charge >= 0.3 is 0 Å². The molecule has 3 unspecified atom stereocenters. The fourth-order valence-electron chi connectivity index (χ4n) is 9.06. The smallest absolute Gasteiger partial charge is 0.164 e. The third kappa shape index (κ3) is 5.01. The molecule has 9 aromatic rings. The van der Waals surface area contributed by atoms with Crippen molar-refractivity contribution in [2.24, 2.45) is 5.92 Å². The molecule has 0 radical (unpaired) electrons. The number of fused-ring (bicyclic) bond motifs is 11. The number of hydrogen-bond donors (Lipinski definition) is 0. The lowest BCUT2D eigenvalue weighted by Gasteiger charge is -2.27. The van der Waals surface area contributed by atoms with Gasteiger partial charge in [-0.1, -0.05) is 146 Å². The fourth-order valence-corrected chi connectivity index (χ4v) is 10.3. The van der Waals surface area contributed by atoms with Crippen LogP contribution in [0.3, 0.4) is 0 Å². The summed E-state index contributed by atoms with van der Waals surface area (Å²) in [6.07, 6.45) is 16.6. The highest BCUT2D eigenvalue weighted by molar-refractivity contribution is 7.26. The van der Waals surface area contributed by atoms with Crippen LogP contribution in [0.5, 0.6) is 0 Å². The van der Waals surface area contributed by atoms with Gasteiger partial charge in [-0.2, -0.15) is 0 Å². The molecule has 0 aliphatic heterocycles. The van der Waals surface area contributed by atoms with E-state index in [-0.39, 0.29) is 11.8 Å². The predicted octanol–water partition coefficient (Wildman–Crippen LogP) is 13.1. The van der Waals surface area contributed by atoms with E-state index in [9.17, 15) is 0 Å². The van der Waals surface area contributed by atoms with Crippen LogP contribution >= 0.6 is 11.3 Å². The van der Waals surface area contributed by atoms with E-state index in [1.54, 1.807) is 0 Å². The van der Waals surface area contributed by atoms with Crippen molar-refractivity contribution in [1.29, 1.82) is 0 Å². The Morgan fingerprint density at radius 1 is 0.607 bits per heavy atom. The van der Waals surface area contributed by atoms with Crippen LogP contribution in [0.1, 0.15) is 45.7 Å². The highest BCUT2D eigenvalue weighted by atomic mass is 32.1. The number of benzene rings is 6. The molecule has 264 valence electrons. The molecule has 0 N–H and O–H groups in total. The molecule has 0 saturated heterocycles. The molecule has 12 rings (SSSR count). The van der Waals surface area contributed by atoms with Gasteiger partial charge in [0.2, 0.25) is 0 Å². The summed E-state index contributed by atoms with van der Waals surface area (Å²) in [4.78, 5) is 15.8. The first-order valence-corrected chi connectivity index (χ1v) is 20.1. The van der Waals surface area contributed by atoms with Gasteiger partial charge in [0.15, 0.2) is 17.5 Å². The van der Waals surface area contributed by atoms with Crippen molar-refractivity contribution in [3.63, 3.8) is 0 Å². The Kier molecular flexibility index (Phi) is 7.02. The summed E-state index contributed by atoms with van der Waals surface area (Å²) in [6, 6.07) is 45.5. The Hall–Kier alpha value is -6.69. The third-order valence-electron chi connectivity index (χ3n) is 11.8. The average Bonchev–Trinajstić information content (AvgIpc) is 3.84. The van der Waals surface area contributed by atoms with Gasteiger partial charge in [-0.25, -0.2) is 15.0 Å². The molecule has 0 fully saturated rings. The van der Waals surface area contributed by atoms with Crippen LogP contribution in [-0.4, -0.2) is 15.0 Å². The lowest BCUT2D eigenvalue weighted by molar-refractivity contribution is 0.531. The van der Waals surface area contributed by atoms with Crippen LogP contribution in [0.15, 0.2) is 168 Å². The van der Waals surface area contributed by atoms with E-state index in [1.165, 1.54) is 47.6 Å². The van der Waals surface area contributed by atoms with Gasteiger partial charge < -0.3 is 4.42 Å². The molecular formula is C51H33N3OS. The van der Waals surface area contributed by atoms with Crippen LogP contribution in [-0.2, 0) is 6.42 Å². The number of aromatic nitrogens is 3. The summed E-state index contributed by atoms with van der Waals surface area (Å²) >= 11 is 1.88. The number of hydrogen-bond acceptors (Lipinski definition) is 5. The SMILES string of the molecule is C1=CC2C=Cc3ccc(-c4nc(C5=CC(c6ccc7sc8c9ccccc9ccc8c7c6)Cc6oc7ccccc7c65)nc(-c5ccccc5)n4)cc3C2C=C1. The molecule has 0 saturated carbocycles. The number of allylic oxidation sites excluding steroid dienone is 6. The largest absolute Gasteiger partial charge is 0.460 e. The van der Waals surface area contributed by atoms with E-state index in [0.29, 0.717) is 23.4 Å². The quantitative estimate of drug-likeness (QED) is 0.181. The maximum Gasteiger partial charge on any atom is 0.164 e. The first-order valence-electron chi connectivity index (χ1n) is 19.3. The van der Waals surface area contributed by atoms with E-state index < -0.39 is 0 Å². The van der Waals surface area contributed by atoms with Crippen LogP contribution in [0.4, 0.5) is 0 Å². The zero-order valence-electron chi connectivity index (χ0n) is 30.3. The average molecular weight is 736 g/mol. The Morgan fingerprint density at radius 3 is 2.34 bits per heavy atom. The van der Waals surface area contributed by atoms with E-state index in [1.807, 2.05) is 35.6 Å². The zero-order valence-corrected chi connectivity index (χ0v) is 31.1. The number of para-hydroxylation sites is 1. The van der Waals surface area contributed by atoms with Crippen LogP contribution in [0.2, 0.25) is 0 Å². The van der Waals surface area contributed by atoms with Gasteiger partial charge in [0, 0.05) is 72.0 Å². The second-order valence-electron chi connectivity index (χ2n) is 15.1. The van der Waals surface area contributed by atoms with E-state index >= 15 is 0 Å². The van der Waals surface area contributed by atoms with Crippen molar-refractivity contribution >= 4 is 64.9 Å². The maximum atomic E-state index is 6.70. The Morgan fingerprint density at radius 2 is 1.41 bits per heavy atom. The summed E-state index contributed by atoms with van der Waals surface area (Å²) in [6.45, 7) is 0. The minimum Gasteiger partial charge on any atom is -0.460 e. The second kappa shape index (κ2) is 12.4. The van der Waals surface area contributed by atoms with Crippen molar-refractivity contribution < 1.29 is 4.42 Å². The second-order valence-corrected chi connectivity index (χ2v) is 16.1. The van der Waals surface area contributed by atoms with Crippen molar-refractivity contribution in [1.82, 2.24) is 15.0 Å². The molecular weight excluding hydrogens is 703 g/mol. The standard InChI is InChI=1S/C51H33N3OS/c1-2-12-33(13-3-1)49-52-50(35-21-20-32-19-18-30-10-4-6-14-37(30)41(32)27-35)54-51(53-49)43-28-36(29-45-47(43)40-16-8-9-17-44(40)55-45)34-23-25-46-42(26-34)39-24-22-31-11-5-7-15-38(31)48(39)56-46/h1-28,30,36-37H,29H2.